The van der Waals surface area contributed by atoms with Gasteiger partial charge in [0, 0.05) is 6.04 Å². The van der Waals surface area contributed by atoms with Crippen LogP contribution in [0.2, 0.25) is 10.0 Å². The van der Waals surface area contributed by atoms with Crippen LogP contribution in [-0.4, -0.2) is 6.04 Å². The summed E-state index contributed by atoms with van der Waals surface area (Å²) in [5.74, 6) is 0.574. The van der Waals surface area contributed by atoms with E-state index in [1.54, 1.807) is 6.07 Å². The first-order valence-corrected chi connectivity index (χ1v) is 6.02. The van der Waals surface area contributed by atoms with Gasteiger partial charge in [-0.2, -0.15) is 0 Å². The fraction of sp³-hybridized carbons (Fsp3) is 0.500. The largest absolute Gasteiger partial charge is 0.381 e. The normalized spacial score (nSPS) is 12.9. The Balaban J connectivity index is 2.84. The van der Waals surface area contributed by atoms with Crippen molar-refractivity contribution < 1.29 is 0 Å². The zero-order chi connectivity index (χ0) is 11.4. The first-order valence-electron chi connectivity index (χ1n) is 5.26. The molecule has 0 heterocycles. The van der Waals surface area contributed by atoms with Crippen LogP contribution in [0.15, 0.2) is 18.2 Å². The quantitative estimate of drug-likeness (QED) is 0.801. The number of benzene rings is 1. The van der Waals surface area contributed by atoms with Gasteiger partial charge in [0.25, 0.3) is 0 Å². The number of nitrogens with one attached hydrogen (secondary N) is 1. The standard InChI is InChI=1S/C12H17Cl2N/c1-4-10(8(2)3)15-11-7-5-6-9(13)12(11)14/h5-8,10,15H,4H2,1-3H3. The molecule has 0 saturated carbocycles. The van der Waals surface area contributed by atoms with Crippen molar-refractivity contribution in [2.24, 2.45) is 5.92 Å². The SMILES string of the molecule is CCC(Nc1cccc(Cl)c1Cl)C(C)C. The minimum Gasteiger partial charge on any atom is -0.381 e. The van der Waals surface area contributed by atoms with Gasteiger partial charge in [-0.3, -0.25) is 0 Å². The minimum absolute atomic E-state index is 0.431. The van der Waals surface area contributed by atoms with E-state index < -0.39 is 0 Å². The Morgan fingerprint density at radius 3 is 2.47 bits per heavy atom. The Kier molecular flexibility index (Phi) is 4.75. The molecule has 1 N–H and O–H groups in total. The summed E-state index contributed by atoms with van der Waals surface area (Å²) < 4.78 is 0. The van der Waals surface area contributed by atoms with E-state index in [0.717, 1.165) is 12.1 Å². The fourth-order valence-corrected chi connectivity index (χ4v) is 1.91. The third-order valence-corrected chi connectivity index (χ3v) is 3.36. The Morgan fingerprint density at radius 2 is 1.93 bits per heavy atom. The molecular weight excluding hydrogens is 229 g/mol. The maximum atomic E-state index is 6.10. The summed E-state index contributed by atoms with van der Waals surface area (Å²) in [6.07, 6.45) is 1.07. The smallest absolute Gasteiger partial charge is 0.0823 e. The molecule has 0 spiro atoms. The van der Waals surface area contributed by atoms with Crippen LogP contribution in [0, 0.1) is 5.92 Å². The first-order chi connectivity index (χ1) is 7.06. The van der Waals surface area contributed by atoms with Gasteiger partial charge in [0.2, 0.25) is 0 Å². The molecule has 1 atom stereocenters. The van der Waals surface area contributed by atoms with Crippen molar-refractivity contribution in [3.8, 4) is 0 Å². The van der Waals surface area contributed by atoms with Gasteiger partial charge in [0.1, 0.15) is 0 Å². The van der Waals surface area contributed by atoms with Crippen molar-refractivity contribution in [1.29, 1.82) is 0 Å². The molecule has 3 heteroatoms. The van der Waals surface area contributed by atoms with Crippen LogP contribution in [0.1, 0.15) is 27.2 Å². The third-order valence-electron chi connectivity index (χ3n) is 2.54. The number of rotatable bonds is 4. The molecule has 1 unspecified atom stereocenters. The highest BCUT2D eigenvalue weighted by atomic mass is 35.5. The summed E-state index contributed by atoms with van der Waals surface area (Å²) in [5.41, 5.74) is 0.921. The summed E-state index contributed by atoms with van der Waals surface area (Å²) in [6, 6.07) is 6.09. The molecule has 0 aliphatic carbocycles. The van der Waals surface area contributed by atoms with Crippen molar-refractivity contribution in [1.82, 2.24) is 0 Å². The van der Waals surface area contributed by atoms with Crippen LogP contribution in [-0.2, 0) is 0 Å². The van der Waals surface area contributed by atoms with E-state index in [0.29, 0.717) is 22.0 Å². The van der Waals surface area contributed by atoms with Crippen LogP contribution in [0.5, 0.6) is 0 Å². The second-order valence-electron chi connectivity index (χ2n) is 4.00. The van der Waals surface area contributed by atoms with E-state index in [1.165, 1.54) is 0 Å². The third kappa shape index (κ3) is 3.29. The maximum Gasteiger partial charge on any atom is 0.0823 e. The van der Waals surface area contributed by atoms with Crippen LogP contribution < -0.4 is 5.32 Å². The van der Waals surface area contributed by atoms with Crippen molar-refractivity contribution >= 4 is 28.9 Å². The molecule has 0 aliphatic heterocycles. The molecule has 1 aromatic carbocycles. The predicted octanol–water partition coefficient (Wildman–Crippen LogP) is 4.84. The summed E-state index contributed by atoms with van der Waals surface area (Å²) in [7, 11) is 0. The molecule has 1 rings (SSSR count). The number of hydrogen-bond acceptors (Lipinski definition) is 1. The molecule has 0 fully saturated rings. The molecule has 0 aliphatic rings. The summed E-state index contributed by atoms with van der Waals surface area (Å²) >= 11 is 12.1. The van der Waals surface area contributed by atoms with E-state index in [2.05, 4.69) is 26.1 Å². The highest BCUT2D eigenvalue weighted by Crippen LogP contribution is 2.30. The lowest BCUT2D eigenvalue weighted by atomic mass is 10.0. The van der Waals surface area contributed by atoms with Crippen molar-refractivity contribution in [2.75, 3.05) is 5.32 Å². The zero-order valence-electron chi connectivity index (χ0n) is 9.35. The molecule has 0 saturated heterocycles. The summed E-state index contributed by atoms with van der Waals surface area (Å²) in [5, 5.41) is 4.63. The second-order valence-corrected chi connectivity index (χ2v) is 4.79. The minimum atomic E-state index is 0.431. The molecule has 1 aromatic rings. The highest BCUT2D eigenvalue weighted by Gasteiger charge is 2.12. The van der Waals surface area contributed by atoms with Crippen molar-refractivity contribution in [3.05, 3.63) is 28.2 Å². The van der Waals surface area contributed by atoms with Crippen LogP contribution in [0.4, 0.5) is 5.69 Å². The van der Waals surface area contributed by atoms with Crippen molar-refractivity contribution in [2.45, 2.75) is 33.2 Å². The van der Waals surface area contributed by atoms with Crippen LogP contribution in [0.25, 0.3) is 0 Å². The molecule has 0 radical (unpaired) electrons. The molecular formula is C12H17Cl2N. The van der Waals surface area contributed by atoms with Gasteiger partial charge in [-0.05, 0) is 24.5 Å². The maximum absolute atomic E-state index is 6.10. The van der Waals surface area contributed by atoms with E-state index in [4.69, 9.17) is 23.2 Å². The Hall–Kier alpha value is -0.400. The van der Waals surface area contributed by atoms with Gasteiger partial charge in [0.05, 0.1) is 15.7 Å². The Bertz CT molecular complexity index is 323. The van der Waals surface area contributed by atoms with Crippen molar-refractivity contribution in [3.63, 3.8) is 0 Å². The molecule has 0 amide bonds. The molecule has 0 aromatic heterocycles. The molecule has 84 valence electrons. The Morgan fingerprint density at radius 1 is 1.27 bits per heavy atom. The van der Waals surface area contributed by atoms with Gasteiger partial charge in [-0.1, -0.05) is 50.0 Å². The van der Waals surface area contributed by atoms with Crippen LogP contribution >= 0.6 is 23.2 Å². The topological polar surface area (TPSA) is 12.0 Å². The van der Waals surface area contributed by atoms with Gasteiger partial charge >= 0.3 is 0 Å². The molecule has 15 heavy (non-hydrogen) atoms. The lowest BCUT2D eigenvalue weighted by Crippen LogP contribution is -2.24. The average Bonchev–Trinajstić information content (AvgIpc) is 2.19. The van der Waals surface area contributed by atoms with Gasteiger partial charge in [0.15, 0.2) is 0 Å². The number of anilines is 1. The predicted molar refractivity (Wildman–Crippen MR) is 69.0 cm³/mol. The summed E-state index contributed by atoms with van der Waals surface area (Å²) in [4.78, 5) is 0. The number of halogens is 2. The van der Waals surface area contributed by atoms with Gasteiger partial charge in [-0.15, -0.1) is 0 Å². The summed E-state index contributed by atoms with van der Waals surface area (Å²) in [6.45, 7) is 6.55. The zero-order valence-corrected chi connectivity index (χ0v) is 10.9. The fourth-order valence-electron chi connectivity index (χ4n) is 1.56. The highest BCUT2D eigenvalue weighted by molar-refractivity contribution is 6.43. The second kappa shape index (κ2) is 5.62. The van der Waals surface area contributed by atoms with E-state index in [1.807, 2.05) is 12.1 Å². The van der Waals surface area contributed by atoms with E-state index in [9.17, 15) is 0 Å². The molecule has 1 nitrogen and oxygen atoms in total. The monoisotopic (exact) mass is 245 g/mol. The first kappa shape index (κ1) is 12.7. The van der Waals surface area contributed by atoms with Gasteiger partial charge < -0.3 is 5.32 Å². The van der Waals surface area contributed by atoms with Gasteiger partial charge in [-0.25, -0.2) is 0 Å². The lowest BCUT2D eigenvalue weighted by molar-refractivity contribution is 0.511. The molecule has 0 bridgehead atoms. The average molecular weight is 246 g/mol. The van der Waals surface area contributed by atoms with E-state index in [-0.39, 0.29) is 0 Å². The van der Waals surface area contributed by atoms with E-state index >= 15 is 0 Å². The Labute approximate surface area is 102 Å². The lowest BCUT2D eigenvalue weighted by Gasteiger charge is -2.22. The van der Waals surface area contributed by atoms with Crippen LogP contribution in [0.3, 0.4) is 0 Å². The number of hydrogen-bond donors (Lipinski definition) is 1.